The van der Waals surface area contributed by atoms with E-state index in [0.29, 0.717) is 18.8 Å². The zero-order chi connectivity index (χ0) is 17.5. The Hall–Kier alpha value is -0.120. The first-order valence-electron chi connectivity index (χ1n) is 10.1. The molecule has 0 aromatic carbocycles. The van der Waals surface area contributed by atoms with E-state index in [1.54, 1.807) is 0 Å². The van der Waals surface area contributed by atoms with E-state index in [4.69, 9.17) is 9.47 Å². The fourth-order valence-corrected chi connectivity index (χ4v) is 4.20. The van der Waals surface area contributed by atoms with Crippen molar-refractivity contribution in [3.63, 3.8) is 0 Å². The number of piperidine rings is 1. The van der Waals surface area contributed by atoms with Crippen molar-refractivity contribution in [1.29, 1.82) is 0 Å². The molecule has 6 nitrogen and oxygen atoms in total. The molecule has 1 atom stereocenters. The predicted octanol–water partition coefficient (Wildman–Crippen LogP) is 2.53. The molecule has 3 fully saturated rings. The Labute approximate surface area is 175 Å². The van der Waals surface area contributed by atoms with E-state index < -0.39 is 5.60 Å². The molecule has 26 heavy (non-hydrogen) atoms. The first-order chi connectivity index (χ1) is 12.2. The van der Waals surface area contributed by atoms with Crippen molar-refractivity contribution in [2.75, 3.05) is 39.9 Å². The van der Waals surface area contributed by atoms with Gasteiger partial charge in [-0.15, -0.1) is 24.0 Å². The van der Waals surface area contributed by atoms with Crippen LogP contribution in [0.15, 0.2) is 4.99 Å². The Morgan fingerprint density at radius 3 is 2.54 bits per heavy atom. The van der Waals surface area contributed by atoms with Crippen LogP contribution in [0.4, 0.5) is 0 Å². The Kier molecular flexibility index (Phi) is 9.40. The second-order valence-corrected chi connectivity index (χ2v) is 7.84. The first kappa shape index (κ1) is 22.2. The van der Waals surface area contributed by atoms with Crippen molar-refractivity contribution in [3.8, 4) is 0 Å². The summed E-state index contributed by atoms with van der Waals surface area (Å²) in [6, 6.07) is 0. The Bertz CT molecular complexity index is 430. The van der Waals surface area contributed by atoms with Crippen LogP contribution in [0, 0.1) is 0 Å². The van der Waals surface area contributed by atoms with Gasteiger partial charge in [0.1, 0.15) is 0 Å². The molecule has 0 aromatic rings. The standard InChI is InChI=1S/C19H35N3O3.HI/c1-20-18(21-15-19(23)9-3-4-10-19)22-11-7-16(8-12-22)25-14-17-6-2-5-13-24-17;/h16-17,23H,2-15H2,1H3,(H,20,21);1H. The summed E-state index contributed by atoms with van der Waals surface area (Å²) in [6.45, 7) is 4.14. The highest BCUT2D eigenvalue weighted by atomic mass is 127. The van der Waals surface area contributed by atoms with Crippen LogP contribution in [0.2, 0.25) is 0 Å². The average molecular weight is 481 g/mol. The molecule has 2 saturated heterocycles. The summed E-state index contributed by atoms with van der Waals surface area (Å²) in [5.74, 6) is 0.911. The van der Waals surface area contributed by atoms with Crippen LogP contribution in [-0.2, 0) is 9.47 Å². The van der Waals surface area contributed by atoms with Gasteiger partial charge in [-0.1, -0.05) is 12.8 Å². The zero-order valence-corrected chi connectivity index (χ0v) is 18.5. The van der Waals surface area contributed by atoms with E-state index in [9.17, 15) is 5.11 Å². The molecule has 0 radical (unpaired) electrons. The van der Waals surface area contributed by atoms with Gasteiger partial charge in [-0.3, -0.25) is 4.99 Å². The van der Waals surface area contributed by atoms with Gasteiger partial charge in [0.25, 0.3) is 0 Å². The van der Waals surface area contributed by atoms with Gasteiger partial charge in [-0.05, 0) is 44.9 Å². The van der Waals surface area contributed by atoms with E-state index in [2.05, 4.69) is 15.2 Å². The third-order valence-corrected chi connectivity index (χ3v) is 5.85. The number of halogens is 1. The molecule has 2 heterocycles. The number of aliphatic imine (C=N–C) groups is 1. The molecular weight excluding hydrogens is 445 g/mol. The summed E-state index contributed by atoms with van der Waals surface area (Å²) in [4.78, 5) is 6.69. The minimum atomic E-state index is -0.544. The van der Waals surface area contributed by atoms with Crippen molar-refractivity contribution in [3.05, 3.63) is 0 Å². The summed E-state index contributed by atoms with van der Waals surface area (Å²) in [5, 5.41) is 13.9. The largest absolute Gasteiger partial charge is 0.388 e. The minimum absolute atomic E-state index is 0. The number of aliphatic hydroxyl groups is 1. The van der Waals surface area contributed by atoms with Crippen LogP contribution < -0.4 is 5.32 Å². The molecular formula is C19H36IN3O3. The predicted molar refractivity (Wildman–Crippen MR) is 114 cm³/mol. The van der Waals surface area contributed by atoms with E-state index in [1.807, 2.05) is 7.05 Å². The molecule has 7 heteroatoms. The highest BCUT2D eigenvalue weighted by molar-refractivity contribution is 14.0. The van der Waals surface area contributed by atoms with Gasteiger partial charge in [0.15, 0.2) is 5.96 Å². The number of hydrogen-bond donors (Lipinski definition) is 2. The maximum atomic E-state index is 10.5. The Morgan fingerprint density at radius 2 is 1.92 bits per heavy atom. The van der Waals surface area contributed by atoms with Gasteiger partial charge in [-0.2, -0.15) is 0 Å². The van der Waals surface area contributed by atoms with Gasteiger partial charge in [0.05, 0.1) is 24.4 Å². The van der Waals surface area contributed by atoms with Crippen LogP contribution >= 0.6 is 24.0 Å². The first-order valence-corrected chi connectivity index (χ1v) is 10.1. The zero-order valence-electron chi connectivity index (χ0n) is 16.1. The highest BCUT2D eigenvalue weighted by Crippen LogP contribution is 2.28. The van der Waals surface area contributed by atoms with Crippen molar-refractivity contribution >= 4 is 29.9 Å². The normalized spacial score (nSPS) is 27.2. The highest BCUT2D eigenvalue weighted by Gasteiger charge is 2.32. The molecule has 1 aliphatic carbocycles. The van der Waals surface area contributed by atoms with Crippen LogP contribution in [0.1, 0.15) is 57.8 Å². The van der Waals surface area contributed by atoms with Gasteiger partial charge in [0, 0.05) is 33.3 Å². The fourth-order valence-electron chi connectivity index (χ4n) is 4.20. The summed E-state index contributed by atoms with van der Waals surface area (Å²) in [6.07, 6.45) is 10.3. The number of rotatable bonds is 5. The monoisotopic (exact) mass is 481 g/mol. The summed E-state index contributed by atoms with van der Waals surface area (Å²) in [7, 11) is 1.82. The summed E-state index contributed by atoms with van der Waals surface area (Å²) in [5.41, 5.74) is -0.544. The van der Waals surface area contributed by atoms with Gasteiger partial charge in [-0.25, -0.2) is 0 Å². The van der Waals surface area contributed by atoms with E-state index >= 15 is 0 Å². The number of ether oxygens (including phenoxy) is 2. The second-order valence-electron chi connectivity index (χ2n) is 7.84. The molecule has 0 aromatic heterocycles. The molecule has 1 saturated carbocycles. The van der Waals surface area contributed by atoms with E-state index in [1.165, 1.54) is 12.8 Å². The molecule has 152 valence electrons. The number of nitrogens with zero attached hydrogens (tertiary/aromatic N) is 2. The Balaban J connectivity index is 0.00000243. The number of likely N-dealkylation sites (tertiary alicyclic amines) is 1. The topological polar surface area (TPSA) is 66.3 Å². The van der Waals surface area contributed by atoms with E-state index in [-0.39, 0.29) is 24.0 Å². The maximum Gasteiger partial charge on any atom is 0.193 e. The molecule has 2 aliphatic heterocycles. The molecule has 2 N–H and O–H groups in total. The van der Waals surface area contributed by atoms with Crippen LogP contribution in [0.5, 0.6) is 0 Å². The lowest BCUT2D eigenvalue weighted by Gasteiger charge is -2.36. The molecule has 3 aliphatic rings. The quantitative estimate of drug-likeness (QED) is 0.359. The summed E-state index contributed by atoms with van der Waals surface area (Å²) >= 11 is 0. The number of guanidine groups is 1. The fraction of sp³-hybridized carbons (Fsp3) is 0.947. The lowest BCUT2D eigenvalue weighted by molar-refractivity contribution is -0.0721. The summed E-state index contributed by atoms with van der Waals surface area (Å²) < 4.78 is 11.8. The lowest BCUT2D eigenvalue weighted by Crippen LogP contribution is -2.50. The number of nitrogens with one attached hydrogen (secondary N) is 1. The van der Waals surface area contributed by atoms with Gasteiger partial charge < -0.3 is 24.8 Å². The Morgan fingerprint density at radius 1 is 1.19 bits per heavy atom. The van der Waals surface area contributed by atoms with Crippen molar-refractivity contribution in [2.24, 2.45) is 4.99 Å². The SMILES string of the molecule is CN=C(NCC1(O)CCCC1)N1CCC(OCC2CCCCO2)CC1.I. The number of hydrogen-bond acceptors (Lipinski definition) is 4. The van der Waals surface area contributed by atoms with Crippen molar-refractivity contribution in [2.45, 2.75) is 75.6 Å². The van der Waals surface area contributed by atoms with Crippen molar-refractivity contribution in [1.82, 2.24) is 10.2 Å². The van der Waals surface area contributed by atoms with Crippen LogP contribution in [-0.4, -0.2) is 73.7 Å². The van der Waals surface area contributed by atoms with Gasteiger partial charge >= 0.3 is 0 Å². The smallest absolute Gasteiger partial charge is 0.193 e. The molecule has 0 spiro atoms. The maximum absolute atomic E-state index is 10.5. The molecule has 0 amide bonds. The van der Waals surface area contributed by atoms with Gasteiger partial charge in [0.2, 0.25) is 0 Å². The van der Waals surface area contributed by atoms with Crippen molar-refractivity contribution < 1.29 is 14.6 Å². The average Bonchev–Trinajstić information content (AvgIpc) is 3.09. The van der Waals surface area contributed by atoms with Crippen LogP contribution in [0.3, 0.4) is 0 Å². The minimum Gasteiger partial charge on any atom is -0.388 e. The van der Waals surface area contributed by atoms with E-state index in [0.717, 1.165) is 77.2 Å². The lowest BCUT2D eigenvalue weighted by atomic mass is 10.0. The molecule has 0 bridgehead atoms. The molecule has 3 rings (SSSR count). The third-order valence-electron chi connectivity index (χ3n) is 5.85. The van der Waals surface area contributed by atoms with Crippen LogP contribution in [0.25, 0.3) is 0 Å². The second kappa shape index (κ2) is 11.0. The molecule has 1 unspecified atom stereocenters. The third kappa shape index (κ3) is 6.49.